The maximum atomic E-state index is 7.17. The van der Waals surface area contributed by atoms with Gasteiger partial charge in [-0.2, -0.15) is 8.75 Å². The van der Waals surface area contributed by atoms with E-state index in [0.29, 0.717) is 0 Å². The number of hydrogen-bond acceptors (Lipinski definition) is 7. The Morgan fingerprint density at radius 3 is 1.96 bits per heavy atom. The Bertz CT molecular complexity index is 2200. The van der Waals surface area contributed by atoms with Crippen molar-refractivity contribution in [2.75, 3.05) is 0 Å². The average Bonchev–Trinajstić information content (AvgIpc) is 3.95. The normalized spacial score (nSPS) is 15.5. The molecular formula is C43H47ClN2S5. The average molecular weight is 788 g/mol. The van der Waals surface area contributed by atoms with Crippen molar-refractivity contribution in [3.05, 3.63) is 77.1 Å². The summed E-state index contributed by atoms with van der Waals surface area (Å²) in [7, 11) is 0. The summed E-state index contributed by atoms with van der Waals surface area (Å²) < 4.78 is 9.71. The second-order valence-electron chi connectivity index (χ2n) is 14.6. The largest absolute Gasteiger partial charge is 0.172 e. The Hall–Kier alpha value is -2.13. The molecule has 0 radical (unpaired) electrons. The Morgan fingerprint density at radius 2 is 1.25 bits per heavy atom. The number of allylic oxidation sites excluding steroid dienone is 2. The topological polar surface area (TPSA) is 25.8 Å². The van der Waals surface area contributed by atoms with Gasteiger partial charge in [0.05, 0.1) is 16.8 Å². The van der Waals surface area contributed by atoms with Gasteiger partial charge in [0.25, 0.3) is 0 Å². The van der Waals surface area contributed by atoms with Crippen LogP contribution < -0.4 is 0 Å². The third-order valence-corrected chi connectivity index (χ3v) is 16.7. The first-order chi connectivity index (χ1) is 24.9. The second kappa shape index (κ2) is 15.7. The van der Waals surface area contributed by atoms with Crippen LogP contribution in [0.5, 0.6) is 0 Å². The quantitative estimate of drug-likeness (QED) is 0.103. The molecule has 0 saturated carbocycles. The molecule has 0 amide bonds. The summed E-state index contributed by atoms with van der Waals surface area (Å²) in [6.07, 6.45) is 19.5. The van der Waals surface area contributed by atoms with Crippen molar-refractivity contribution in [1.82, 2.24) is 8.75 Å². The number of halogens is 1. The first-order valence-electron chi connectivity index (χ1n) is 19.0. The molecule has 0 bridgehead atoms. The number of unbranched alkanes of at least 4 members (excludes halogenated alkanes) is 9. The molecule has 0 aliphatic heterocycles. The Balaban J connectivity index is 1.11. The molecule has 0 fully saturated rings. The van der Waals surface area contributed by atoms with E-state index in [-0.39, 0.29) is 0 Å². The second-order valence-corrected chi connectivity index (χ2v) is 20.2. The molecule has 0 saturated heterocycles. The van der Waals surface area contributed by atoms with E-state index in [1.807, 2.05) is 22.7 Å². The molecular weight excluding hydrogens is 740 g/mol. The van der Waals surface area contributed by atoms with Crippen molar-refractivity contribution >= 4 is 90.9 Å². The lowest BCUT2D eigenvalue weighted by atomic mass is 10.0. The molecule has 5 heterocycles. The van der Waals surface area contributed by atoms with Gasteiger partial charge in [0.15, 0.2) is 0 Å². The smallest absolute Gasteiger partial charge is 0.115 e. The van der Waals surface area contributed by atoms with Crippen LogP contribution in [-0.2, 0) is 19.3 Å². The molecule has 8 heteroatoms. The zero-order valence-electron chi connectivity index (χ0n) is 30.3. The number of aryl methyl sites for hydroxylation is 6. The van der Waals surface area contributed by atoms with Crippen LogP contribution >= 0.6 is 68.7 Å². The fourth-order valence-electron chi connectivity index (χ4n) is 8.10. The maximum Gasteiger partial charge on any atom is 0.115 e. The molecule has 0 unspecified atom stereocenters. The van der Waals surface area contributed by atoms with Crippen LogP contribution in [0.4, 0.5) is 0 Å². The molecule has 2 aliphatic rings. The number of hydrogen-bond donors (Lipinski definition) is 0. The molecule has 5 aromatic heterocycles. The molecule has 2 aliphatic carbocycles. The van der Waals surface area contributed by atoms with Crippen molar-refractivity contribution < 1.29 is 0 Å². The lowest BCUT2D eigenvalue weighted by Crippen LogP contribution is -1.87. The fourth-order valence-corrected chi connectivity index (χ4v) is 14.0. The molecule has 2 nitrogen and oxygen atoms in total. The van der Waals surface area contributed by atoms with E-state index in [9.17, 15) is 0 Å². The van der Waals surface area contributed by atoms with Gasteiger partial charge in [-0.05, 0) is 123 Å². The Kier molecular flexibility index (Phi) is 11.0. The number of nitrogens with zero attached hydrogens (tertiary/aromatic N) is 2. The fraction of sp³-hybridized carbons (Fsp3) is 0.442. The molecule has 8 rings (SSSR count). The molecule has 0 atom stereocenters. The highest BCUT2D eigenvalue weighted by Crippen LogP contribution is 2.53. The number of benzene rings is 1. The summed E-state index contributed by atoms with van der Waals surface area (Å²) in [5.74, 6) is 0. The van der Waals surface area contributed by atoms with E-state index in [1.165, 1.54) is 142 Å². The van der Waals surface area contributed by atoms with Crippen LogP contribution in [0.1, 0.15) is 126 Å². The summed E-state index contributed by atoms with van der Waals surface area (Å²) in [5.41, 5.74) is 13.2. The highest BCUT2D eigenvalue weighted by atomic mass is 35.5. The van der Waals surface area contributed by atoms with Gasteiger partial charge < -0.3 is 0 Å². The van der Waals surface area contributed by atoms with E-state index < -0.39 is 0 Å². The molecule has 51 heavy (non-hydrogen) atoms. The third kappa shape index (κ3) is 7.25. The van der Waals surface area contributed by atoms with Gasteiger partial charge in [-0.25, -0.2) is 0 Å². The number of fused-ring (bicyclic) bond motifs is 3. The van der Waals surface area contributed by atoms with Gasteiger partial charge in [0, 0.05) is 50.1 Å². The highest BCUT2D eigenvalue weighted by molar-refractivity contribution is 7.24. The van der Waals surface area contributed by atoms with Crippen LogP contribution in [0, 0.1) is 20.8 Å². The summed E-state index contributed by atoms with van der Waals surface area (Å²) in [5, 5.41) is 0.767. The van der Waals surface area contributed by atoms with Crippen LogP contribution in [0.3, 0.4) is 0 Å². The monoisotopic (exact) mass is 786 g/mol. The van der Waals surface area contributed by atoms with Crippen molar-refractivity contribution in [3.8, 4) is 30.6 Å². The summed E-state index contributed by atoms with van der Waals surface area (Å²) in [6, 6.07) is 11.9. The first kappa shape index (κ1) is 35.9. The van der Waals surface area contributed by atoms with Crippen molar-refractivity contribution in [3.63, 3.8) is 0 Å². The predicted molar refractivity (Wildman–Crippen MR) is 230 cm³/mol. The Morgan fingerprint density at radius 1 is 0.608 bits per heavy atom. The van der Waals surface area contributed by atoms with Gasteiger partial charge >= 0.3 is 0 Å². The van der Waals surface area contributed by atoms with E-state index in [2.05, 4.69) is 69.4 Å². The van der Waals surface area contributed by atoms with Gasteiger partial charge in [-0.1, -0.05) is 76.3 Å². The van der Waals surface area contributed by atoms with Gasteiger partial charge in [0.2, 0.25) is 0 Å². The predicted octanol–water partition coefficient (Wildman–Crippen LogP) is 15.8. The van der Waals surface area contributed by atoms with E-state index in [1.54, 1.807) is 43.4 Å². The Labute approximate surface area is 329 Å². The minimum atomic E-state index is 0.767. The standard InChI is InChI=1S/C43H47ClN2S5/c1-5-6-7-8-9-10-11-12-13-14-15-28-22-35(33-24-34(44)38(40-39(33)45-51-46-40)36-20-25(2)27(4)48-36)49-43(28)37-23-30-17-19-32(42(30)50-37)31-18-16-29-21-26(3)47-41(29)31/h20-24H,5-19H2,1-4H3/b32-31+. The van der Waals surface area contributed by atoms with Crippen molar-refractivity contribution in [2.24, 2.45) is 0 Å². The van der Waals surface area contributed by atoms with Crippen molar-refractivity contribution in [1.29, 1.82) is 0 Å². The highest BCUT2D eigenvalue weighted by Gasteiger charge is 2.30. The van der Waals surface area contributed by atoms with E-state index in [0.717, 1.165) is 33.6 Å². The molecule has 0 spiro atoms. The minimum Gasteiger partial charge on any atom is -0.172 e. The zero-order valence-corrected chi connectivity index (χ0v) is 35.1. The van der Waals surface area contributed by atoms with Crippen LogP contribution in [-0.4, -0.2) is 8.75 Å². The van der Waals surface area contributed by atoms with Gasteiger partial charge in [-0.3, -0.25) is 0 Å². The first-order valence-corrected chi connectivity index (χ1v) is 23.4. The zero-order chi connectivity index (χ0) is 35.1. The van der Waals surface area contributed by atoms with E-state index >= 15 is 0 Å². The molecule has 1 aromatic carbocycles. The number of aromatic nitrogens is 2. The van der Waals surface area contributed by atoms with Crippen molar-refractivity contribution in [2.45, 2.75) is 124 Å². The number of thiophene rings is 4. The maximum absolute atomic E-state index is 7.17. The lowest BCUT2D eigenvalue weighted by Gasteiger charge is -2.07. The lowest BCUT2D eigenvalue weighted by molar-refractivity contribution is 0.556. The summed E-state index contributed by atoms with van der Waals surface area (Å²) >= 11 is 16.3. The van der Waals surface area contributed by atoms with Crippen LogP contribution in [0.25, 0.3) is 52.8 Å². The summed E-state index contributed by atoms with van der Waals surface area (Å²) in [4.78, 5) is 11.2. The third-order valence-electron chi connectivity index (χ3n) is 10.9. The van der Waals surface area contributed by atoms with Gasteiger partial charge in [-0.15, -0.1) is 45.3 Å². The van der Waals surface area contributed by atoms with Crippen LogP contribution in [0.15, 0.2) is 30.3 Å². The summed E-state index contributed by atoms with van der Waals surface area (Å²) in [6.45, 7) is 8.91. The SMILES string of the molecule is CCCCCCCCCCCCc1cc(-c2cc(Cl)c(-c3cc(C)c(C)s3)c3nsnc23)sc1-c1cc2c(s1)/C(=C1\CCc3cc(C)sc31)CC2. The van der Waals surface area contributed by atoms with E-state index in [4.69, 9.17) is 20.3 Å². The molecule has 266 valence electrons. The number of rotatable bonds is 14. The minimum absolute atomic E-state index is 0.767. The molecule has 6 aromatic rings. The molecule has 0 N–H and O–H groups in total. The van der Waals surface area contributed by atoms with Crippen LogP contribution in [0.2, 0.25) is 5.02 Å². The van der Waals surface area contributed by atoms with Gasteiger partial charge in [0.1, 0.15) is 11.0 Å².